The average Bonchev–Trinajstić information content (AvgIpc) is 2.31. The van der Waals surface area contributed by atoms with Crippen molar-refractivity contribution in [2.45, 2.75) is 77.0 Å². The second kappa shape index (κ2) is 14.7. The van der Waals surface area contributed by atoms with Crippen LogP contribution in [0.4, 0.5) is 0 Å². The number of rotatable bonds is 12. The lowest BCUT2D eigenvalue weighted by atomic mass is 10.1. The molecule has 0 heteroatoms. The minimum Gasteiger partial charge on any atom is -0.0885 e. The summed E-state index contributed by atoms with van der Waals surface area (Å²) in [6.07, 6.45) is 20.3. The van der Waals surface area contributed by atoms with E-state index < -0.39 is 0 Å². The predicted octanol–water partition coefficient (Wildman–Crippen LogP) is 5.89. The fourth-order valence-corrected chi connectivity index (χ4v) is 1.82. The van der Waals surface area contributed by atoms with E-state index in [0.29, 0.717) is 0 Å². The normalized spacial score (nSPS) is 11.4. The fourth-order valence-electron chi connectivity index (χ4n) is 1.82. The molecule has 0 aromatic carbocycles. The second-order valence-electron chi connectivity index (χ2n) is 4.58. The zero-order valence-electron chi connectivity index (χ0n) is 11.1. The third kappa shape index (κ3) is 13.7. The monoisotopic (exact) mass is 222 g/mol. The van der Waals surface area contributed by atoms with Crippen molar-refractivity contribution < 1.29 is 0 Å². The van der Waals surface area contributed by atoms with Crippen LogP contribution >= 0.6 is 0 Å². The molecule has 0 aliphatic rings. The molecular formula is C16H30. The molecule has 0 amide bonds. The summed E-state index contributed by atoms with van der Waals surface area (Å²) >= 11 is 0. The summed E-state index contributed by atoms with van der Waals surface area (Å²) in [5.41, 5.74) is 0. The van der Waals surface area contributed by atoms with E-state index in [0.717, 1.165) is 12.8 Å². The Hall–Kier alpha value is -0.260. The van der Waals surface area contributed by atoms with Crippen LogP contribution in [0.15, 0.2) is 12.2 Å². The molecule has 0 aliphatic heterocycles. The Balaban J connectivity index is 2.98. The molecule has 0 N–H and O–H groups in total. The van der Waals surface area contributed by atoms with Gasteiger partial charge in [0.15, 0.2) is 0 Å². The maximum absolute atomic E-state index is 3.86. The van der Waals surface area contributed by atoms with Crippen molar-refractivity contribution in [1.82, 2.24) is 0 Å². The van der Waals surface area contributed by atoms with E-state index in [2.05, 4.69) is 26.0 Å². The molecule has 2 radical (unpaired) electrons. The van der Waals surface area contributed by atoms with Crippen LogP contribution in [0.1, 0.15) is 77.0 Å². The first-order valence-corrected chi connectivity index (χ1v) is 7.15. The molecule has 0 saturated heterocycles. The minimum absolute atomic E-state index is 1.10. The summed E-state index contributed by atoms with van der Waals surface area (Å²) in [4.78, 5) is 0. The molecule has 0 spiro atoms. The molecule has 0 fully saturated rings. The van der Waals surface area contributed by atoms with E-state index >= 15 is 0 Å². The van der Waals surface area contributed by atoms with Gasteiger partial charge < -0.3 is 0 Å². The maximum atomic E-state index is 3.86. The van der Waals surface area contributed by atoms with Gasteiger partial charge in [-0.15, -0.1) is 0 Å². The van der Waals surface area contributed by atoms with Crippen LogP contribution in [-0.4, -0.2) is 0 Å². The SMILES string of the molecule is [CH2]CCCCCCC=CCCCCCC[CH2]. The van der Waals surface area contributed by atoms with Crippen molar-refractivity contribution in [1.29, 1.82) is 0 Å². The van der Waals surface area contributed by atoms with E-state index in [-0.39, 0.29) is 0 Å². The van der Waals surface area contributed by atoms with E-state index in [4.69, 9.17) is 0 Å². The van der Waals surface area contributed by atoms with E-state index in [1.54, 1.807) is 0 Å². The van der Waals surface area contributed by atoms with Crippen molar-refractivity contribution in [3.8, 4) is 0 Å². The highest BCUT2D eigenvalue weighted by Gasteiger charge is 1.88. The second-order valence-corrected chi connectivity index (χ2v) is 4.58. The number of allylic oxidation sites excluding steroid dienone is 2. The quantitative estimate of drug-likeness (QED) is 0.285. The van der Waals surface area contributed by atoms with Gasteiger partial charge in [-0.25, -0.2) is 0 Å². The number of unbranched alkanes of at least 4 members (excludes halogenated alkanes) is 10. The van der Waals surface area contributed by atoms with Gasteiger partial charge in [0.1, 0.15) is 0 Å². The van der Waals surface area contributed by atoms with Gasteiger partial charge in [0.05, 0.1) is 0 Å². The van der Waals surface area contributed by atoms with Gasteiger partial charge in [-0.05, 0) is 25.7 Å². The Morgan fingerprint density at radius 3 is 1.25 bits per heavy atom. The van der Waals surface area contributed by atoms with Crippen LogP contribution in [0.5, 0.6) is 0 Å². The molecule has 16 heavy (non-hydrogen) atoms. The van der Waals surface area contributed by atoms with Gasteiger partial charge in [-0.3, -0.25) is 0 Å². The van der Waals surface area contributed by atoms with E-state index in [9.17, 15) is 0 Å². The Morgan fingerprint density at radius 2 is 0.875 bits per heavy atom. The fraction of sp³-hybridized carbons (Fsp3) is 0.750. The van der Waals surface area contributed by atoms with Crippen LogP contribution in [-0.2, 0) is 0 Å². The van der Waals surface area contributed by atoms with Crippen molar-refractivity contribution >= 4 is 0 Å². The maximum Gasteiger partial charge on any atom is -0.0351 e. The lowest BCUT2D eigenvalue weighted by Gasteiger charge is -1.97. The average molecular weight is 222 g/mol. The summed E-state index contributed by atoms with van der Waals surface area (Å²) in [5.74, 6) is 0. The first kappa shape index (κ1) is 15.7. The first-order chi connectivity index (χ1) is 7.91. The van der Waals surface area contributed by atoms with E-state index in [1.165, 1.54) is 64.2 Å². The predicted molar refractivity (Wildman–Crippen MR) is 75.3 cm³/mol. The summed E-state index contributed by atoms with van der Waals surface area (Å²) in [5, 5.41) is 0. The summed E-state index contributed by atoms with van der Waals surface area (Å²) in [6, 6.07) is 0. The van der Waals surface area contributed by atoms with Crippen LogP contribution in [0.3, 0.4) is 0 Å². The molecule has 94 valence electrons. The van der Waals surface area contributed by atoms with Gasteiger partial charge in [-0.2, -0.15) is 0 Å². The molecule has 0 aromatic rings. The smallest absolute Gasteiger partial charge is 0.0351 e. The molecule has 0 nitrogen and oxygen atoms in total. The zero-order chi connectivity index (χ0) is 11.9. The minimum atomic E-state index is 1.10. The molecule has 0 bridgehead atoms. The summed E-state index contributed by atoms with van der Waals surface area (Å²) in [7, 11) is 0. The highest BCUT2D eigenvalue weighted by atomic mass is 13.9. The lowest BCUT2D eigenvalue weighted by Crippen LogP contribution is -1.77. The zero-order valence-corrected chi connectivity index (χ0v) is 11.1. The Labute approximate surface area is 104 Å². The molecule has 0 aromatic heterocycles. The lowest BCUT2D eigenvalue weighted by molar-refractivity contribution is 0.644. The molecule has 0 unspecified atom stereocenters. The highest BCUT2D eigenvalue weighted by Crippen LogP contribution is 2.07. The van der Waals surface area contributed by atoms with Crippen molar-refractivity contribution in [3.05, 3.63) is 26.0 Å². The number of hydrogen-bond acceptors (Lipinski definition) is 0. The third-order valence-corrected chi connectivity index (χ3v) is 2.91. The van der Waals surface area contributed by atoms with Crippen LogP contribution < -0.4 is 0 Å². The number of hydrogen-bond donors (Lipinski definition) is 0. The topological polar surface area (TPSA) is 0 Å². The Kier molecular flexibility index (Phi) is 14.5. The summed E-state index contributed by atoms with van der Waals surface area (Å²) in [6.45, 7) is 7.71. The van der Waals surface area contributed by atoms with Crippen LogP contribution in [0.2, 0.25) is 0 Å². The van der Waals surface area contributed by atoms with Crippen molar-refractivity contribution in [3.63, 3.8) is 0 Å². The highest BCUT2D eigenvalue weighted by molar-refractivity contribution is 4.81. The van der Waals surface area contributed by atoms with Crippen molar-refractivity contribution in [2.75, 3.05) is 0 Å². The third-order valence-electron chi connectivity index (χ3n) is 2.91. The standard InChI is InChI=1S/C16H30/c1-3-5-7-9-11-13-15-16-14-12-10-8-6-4-2/h15-16H,1-14H2. The van der Waals surface area contributed by atoms with Gasteiger partial charge in [0, 0.05) is 0 Å². The van der Waals surface area contributed by atoms with Gasteiger partial charge in [0.25, 0.3) is 0 Å². The molecule has 0 atom stereocenters. The van der Waals surface area contributed by atoms with Crippen molar-refractivity contribution in [2.24, 2.45) is 0 Å². The first-order valence-electron chi connectivity index (χ1n) is 7.15. The largest absolute Gasteiger partial charge is 0.0885 e. The van der Waals surface area contributed by atoms with Gasteiger partial charge in [-0.1, -0.05) is 77.4 Å². The van der Waals surface area contributed by atoms with Gasteiger partial charge in [0.2, 0.25) is 0 Å². The molecule has 0 heterocycles. The van der Waals surface area contributed by atoms with Gasteiger partial charge >= 0.3 is 0 Å². The Morgan fingerprint density at radius 1 is 0.500 bits per heavy atom. The molecule has 0 rings (SSSR count). The van der Waals surface area contributed by atoms with Crippen LogP contribution in [0.25, 0.3) is 0 Å². The molecule has 0 saturated carbocycles. The van der Waals surface area contributed by atoms with E-state index in [1.807, 2.05) is 0 Å². The Bertz CT molecular complexity index is 119. The molecular weight excluding hydrogens is 192 g/mol. The van der Waals surface area contributed by atoms with Crippen LogP contribution in [0, 0.1) is 13.8 Å². The summed E-state index contributed by atoms with van der Waals surface area (Å²) < 4.78 is 0. The molecule has 0 aliphatic carbocycles.